The third kappa shape index (κ3) is 3.79. The second kappa shape index (κ2) is 7.42. The van der Waals surface area contributed by atoms with E-state index in [1.54, 1.807) is 0 Å². The van der Waals surface area contributed by atoms with Crippen LogP contribution in [0.4, 0.5) is 5.82 Å². The van der Waals surface area contributed by atoms with Crippen LogP contribution in [-0.4, -0.2) is 15.9 Å². The zero-order valence-corrected chi connectivity index (χ0v) is 13.4. The Bertz CT molecular complexity index is 891. The van der Waals surface area contributed by atoms with Gasteiger partial charge in [0.2, 0.25) is 0 Å². The Morgan fingerprint density at radius 1 is 1.08 bits per heavy atom. The van der Waals surface area contributed by atoms with Gasteiger partial charge in [0.05, 0.1) is 5.52 Å². The number of rotatable bonds is 2. The second-order valence-corrected chi connectivity index (χ2v) is 5.63. The maximum atomic E-state index is 7.81. The van der Waals surface area contributed by atoms with Crippen LogP contribution in [0.3, 0.4) is 0 Å². The number of nitrogen functional groups attached to an aromatic ring is 1. The van der Waals surface area contributed by atoms with Gasteiger partial charge in [-0.25, -0.2) is 0 Å². The predicted octanol–water partition coefficient (Wildman–Crippen LogP) is 4.26. The van der Waals surface area contributed by atoms with Crippen LogP contribution in [0.5, 0.6) is 0 Å². The minimum absolute atomic E-state index is 0.529. The molecule has 1 aliphatic rings. The highest BCUT2D eigenvalue weighted by molar-refractivity contribution is 5.93. The Hall–Kier alpha value is -3.14. The van der Waals surface area contributed by atoms with Gasteiger partial charge in [0, 0.05) is 17.5 Å². The van der Waals surface area contributed by atoms with Crippen molar-refractivity contribution in [2.75, 3.05) is 5.73 Å². The smallest absolute Gasteiger partial charge is 0.153 e. The van der Waals surface area contributed by atoms with Gasteiger partial charge in [-0.15, -0.1) is 0 Å². The zero-order valence-electron chi connectivity index (χ0n) is 13.4. The number of hydrogen-bond acceptors (Lipinski definition) is 3. The summed E-state index contributed by atoms with van der Waals surface area (Å²) in [6, 6.07) is 6.06. The number of allylic oxidation sites excluding steroid dienone is 10. The SMILES string of the molecule is N=C1\C=C/C=C\C(Cc2cccc3c(N)n[nH]c23)=C/C=C\C=C/C1. The lowest BCUT2D eigenvalue weighted by atomic mass is 10.0. The maximum absolute atomic E-state index is 7.81. The summed E-state index contributed by atoms with van der Waals surface area (Å²) in [6.07, 6.45) is 19.2. The van der Waals surface area contributed by atoms with Gasteiger partial charge in [0.1, 0.15) is 0 Å². The summed E-state index contributed by atoms with van der Waals surface area (Å²) in [4.78, 5) is 0. The van der Waals surface area contributed by atoms with E-state index in [-0.39, 0.29) is 0 Å². The molecule has 0 saturated heterocycles. The van der Waals surface area contributed by atoms with Gasteiger partial charge in [-0.2, -0.15) is 5.10 Å². The molecule has 4 nitrogen and oxygen atoms in total. The van der Waals surface area contributed by atoms with E-state index in [1.807, 2.05) is 54.7 Å². The van der Waals surface area contributed by atoms with Crippen LogP contribution < -0.4 is 5.73 Å². The first-order valence-electron chi connectivity index (χ1n) is 7.90. The van der Waals surface area contributed by atoms with Crippen molar-refractivity contribution in [1.29, 1.82) is 5.41 Å². The first kappa shape index (κ1) is 15.7. The molecule has 2 aromatic rings. The zero-order chi connectivity index (χ0) is 16.8. The average Bonchev–Trinajstić information content (AvgIpc) is 2.95. The number of benzene rings is 1. The summed E-state index contributed by atoms with van der Waals surface area (Å²) in [7, 11) is 0. The van der Waals surface area contributed by atoms with E-state index >= 15 is 0 Å². The molecule has 1 heterocycles. The number of hydrogen-bond donors (Lipinski definition) is 3. The van der Waals surface area contributed by atoms with Crippen LogP contribution in [0.25, 0.3) is 10.9 Å². The lowest BCUT2D eigenvalue weighted by Gasteiger charge is -2.04. The quantitative estimate of drug-likeness (QED) is 0.774. The first-order chi connectivity index (χ1) is 11.7. The number of nitrogens with two attached hydrogens (primary N) is 1. The molecule has 0 bridgehead atoms. The average molecular weight is 316 g/mol. The van der Waals surface area contributed by atoms with Gasteiger partial charge in [0.25, 0.3) is 0 Å². The first-order valence-corrected chi connectivity index (χ1v) is 7.90. The molecule has 0 atom stereocenters. The van der Waals surface area contributed by atoms with E-state index in [0.717, 1.165) is 28.5 Å². The Kier molecular flexibility index (Phi) is 4.87. The Morgan fingerprint density at radius 3 is 2.88 bits per heavy atom. The Labute approximate surface area is 141 Å². The molecule has 1 aromatic carbocycles. The molecule has 0 saturated carbocycles. The fraction of sp³-hybridized carbons (Fsp3) is 0.100. The molecular formula is C20H20N4. The van der Waals surface area contributed by atoms with Gasteiger partial charge >= 0.3 is 0 Å². The normalized spacial score (nSPS) is 22.8. The molecule has 4 heteroatoms. The molecule has 0 unspecified atom stereocenters. The van der Waals surface area contributed by atoms with Gasteiger partial charge in [-0.3, -0.25) is 5.10 Å². The summed E-state index contributed by atoms with van der Waals surface area (Å²) < 4.78 is 0. The number of H-pyrrole nitrogens is 1. The van der Waals surface area contributed by atoms with Crippen molar-refractivity contribution in [3.63, 3.8) is 0 Å². The predicted molar refractivity (Wildman–Crippen MR) is 101 cm³/mol. The van der Waals surface area contributed by atoms with E-state index < -0.39 is 0 Å². The molecular weight excluding hydrogens is 296 g/mol. The highest BCUT2D eigenvalue weighted by Crippen LogP contribution is 2.23. The third-order valence-electron chi connectivity index (χ3n) is 3.83. The molecule has 0 fully saturated rings. The molecule has 0 radical (unpaired) electrons. The lowest BCUT2D eigenvalue weighted by Crippen LogP contribution is -1.91. The summed E-state index contributed by atoms with van der Waals surface area (Å²) in [5.41, 5.74) is 9.78. The number of anilines is 1. The molecule has 1 aliphatic carbocycles. The molecule has 4 N–H and O–H groups in total. The Balaban J connectivity index is 1.91. The molecule has 0 spiro atoms. The number of nitrogens with zero attached hydrogens (tertiary/aromatic N) is 1. The largest absolute Gasteiger partial charge is 0.382 e. The Morgan fingerprint density at radius 2 is 1.96 bits per heavy atom. The minimum atomic E-state index is 0.529. The van der Waals surface area contributed by atoms with E-state index in [4.69, 9.17) is 11.1 Å². The molecule has 0 amide bonds. The number of para-hydroxylation sites is 1. The molecule has 3 rings (SSSR count). The number of aromatic nitrogens is 2. The molecule has 1 aromatic heterocycles. The van der Waals surface area contributed by atoms with Gasteiger partial charge in [-0.1, -0.05) is 60.7 Å². The van der Waals surface area contributed by atoms with E-state index in [9.17, 15) is 0 Å². The van der Waals surface area contributed by atoms with Gasteiger partial charge in [-0.05, 0) is 29.7 Å². The standard InChI is InChI=1S/C20H20N4/c21-17-11-4-2-1-3-8-15(9-5-6-12-17)14-16-10-7-13-18-19(16)23-24-20(18)22/h1-10,12-13,21H,11,14H2,(H3,22,23,24)/b3-1-,4-2-,9-5-,12-6-,15-8+,21-17?. The van der Waals surface area contributed by atoms with Crippen molar-refractivity contribution in [1.82, 2.24) is 10.2 Å². The van der Waals surface area contributed by atoms with Crippen molar-refractivity contribution in [3.8, 4) is 0 Å². The van der Waals surface area contributed by atoms with Crippen molar-refractivity contribution >= 4 is 22.4 Å². The van der Waals surface area contributed by atoms with Crippen LogP contribution in [0.2, 0.25) is 0 Å². The second-order valence-electron chi connectivity index (χ2n) is 5.63. The van der Waals surface area contributed by atoms with Crippen molar-refractivity contribution < 1.29 is 0 Å². The molecule has 120 valence electrons. The number of nitrogens with one attached hydrogen (secondary N) is 2. The minimum Gasteiger partial charge on any atom is -0.382 e. The van der Waals surface area contributed by atoms with E-state index in [2.05, 4.69) is 28.4 Å². The highest BCUT2D eigenvalue weighted by atomic mass is 15.1. The highest BCUT2D eigenvalue weighted by Gasteiger charge is 2.07. The van der Waals surface area contributed by atoms with E-state index in [1.165, 1.54) is 0 Å². The van der Waals surface area contributed by atoms with Crippen molar-refractivity contribution in [3.05, 3.63) is 84.0 Å². The fourth-order valence-electron chi connectivity index (χ4n) is 2.60. The number of aromatic amines is 1. The van der Waals surface area contributed by atoms with Gasteiger partial charge in [0.15, 0.2) is 5.82 Å². The van der Waals surface area contributed by atoms with Crippen LogP contribution in [0.1, 0.15) is 12.0 Å². The van der Waals surface area contributed by atoms with Crippen LogP contribution in [0, 0.1) is 5.41 Å². The van der Waals surface area contributed by atoms with Crippen molar-refractivity contribution in [2.45, 2.75) is 12.8 Å². The molecule has 24 heavy (non-hydrogen) atoms. The van der Waals surface area contributed by atoms with Crippen molar-refractivity contribution in [2.24, 2.45) is 0 Å². The van der Waals surface area contributed by atoms with Gasteiger partial charge < -0.3 is 11.1 Å². The monoisotopic (exact) mass is 316 g/mol. The maximum Gasteiger partial charge on any atom is 0.153 e. The summed E-state index contributed by atoms with van der Waals surface area (Å²) in [5, 5.41) is 15.9. The summed E-state index contributed by atoms with van der Waals surface area (Å²) in [6.45, 7) is 0. The number of fused-ring (bicyclic) bond motifs is 1. The third-order valence-corrected chi connectivity index (χ3v) is 3.83. The fourth-order valence-corrected chi connectivity index (χ4v) is 2.60. The van der Waals surface area contributed by atoms with Crippen LogP contribution in [0.15, 0.2) is 78.5 Å². The summed E-state index contributed by atoms with van der Waals surface area (Å²) >= 11 is 0. The topological polar surface area (TPSA) is 78.6 Å². The van der Waals surface area contributed by atoms with Crippen LogP contribution in [-0.2, 0) is 6.42 Å². The van der Waals surface area contributed by atoms with E-state index in [0.29, 0.717) is 18.0 Å². The summed E-state index contributed by atoms with van der Waals surface area (Å²) in [5.74, 6) is 0.529. The molecule has 0 aliphatic heterocycles. The lowest BCUT2D eigenvalue weighted by molar-refractivity contribution is 1.11. The van der Waals surface area contributed by atoms with Crippen LogP contribution >= 0.6 is 0 Å².